The largest absolute Gasteiger partial charge is 0.395 e. The molecule has 0 aromatic heterocycles. The third kappa shape index (κ3) is 3.66. The Labute approximate surface area is 107 Å². The molecule has 0 spiro atoms. The monoisotopic (exact) mass is 254 g/mol. The van der Waals surface area contributed by atoms with Gasteiger partial charge in [0, 0.05) is 24.3 Å². The van der Waals surface area contributed by atoms with Crippen molar-refractivity contribution in [2.24, 2.45) is 5.73 Å². The van der Waals surface area contributed by atoms with Gasteiger partial charge >= 0.3 is 0 Å². The fourth-order valence-electron chi connectivity index (χ4n) is 1.72. The summed E-state index contributed by atoms with van der Waals surface area (Å²) in [5.74, 6) is 0. The Morgan fingerprint density at radius 1 is 1.29 bits per heavy atom. The molecular weight excluding hydrogens is 236 g/mol. The summed E-state index contributed by atoms with van der Waals surface area (Å²) in [4.78, 5) is 2.19. The molecule has 0 aliphatic heterocycles. The lowest BCUT2D eigenvalue weighted by molar-refractivity contribution is 0.281. The van der Waals surface area contributed by atoms with E-state index in [9.17, 15) is 0 Å². The van der Waals surface area contributed by atoms with Crippen LogP contribution in [0.5, 0.6) is 0 Å². The van der Waals surface area contributed by atoms with Crippen molar-refractivity contribution in [1.29, 1.82) is 0 Å². The molecule has 94 valence electrons. The zero-order valence-electron chi connectivity index (χ0n) is 9.89. The number of nitrogens with two attached hydrogens (primary N) is 1. The van der Waals surface area contributed by atoms with Gasteiger partial charge in [0.1, 0.15) is 4.99 Å². The minimum Gasteiger partial charge on any atom is -0.395 e. The van der Waals surface area contributed by atoms with Gasteiger partial charge in [-0.15, -0.1) is 0 Å². The van der Waals surface area contributed by atoms with E-state index in [2.05, 4.69) is 0 Å². The molecule has 4 nitrogen and oxygen atoms in total. The van der Waals surface area contributed by atoms with Crippen molar-refractivity contribution in [2.75, 3.05) is 31.2 Å². The number of rotatable bonds is 6. The smallest absolute Gasteiger partial charge is 0.106 e. The number of benzene rings is 1. The molecule has 0 unspecified atom stereocenters. The maximum Gasteiger partial charge on any atom is 0.106 e. The van der Waals surface area contributed by atoms with Crippen LogP contribution in [-0.2, 0) is 0 Å². The summed E-state index contributed by atoms with van der Waals surface area (Å²) in [7, 11) is 0. The van der Waals surface area contributed by atoms with E-state index in [1.807, 2.05) is 30.0 Å². The molecular formula is C12H18N2O2S. The summed E-state index contributed by atoms with van der Waals surface area (Å²) in [6.45, 7) is 2.89. The first-order chi connectivity index (χ1) is 8.10. The van der Waals surface area contributed by atoms with Crippen LogP contribution in [0.2, 0.25) is 0 Å². The molecule has 5 heteroatoms. The summed E-state index contributed by atoms with van der Waals surface area (Å²) in [5, 5.41) is 18.0. The van der Waals surface area contributed by atoms with Crippen LogP contribution >= 0.6 is 12.2 Å². The summed E-state index contributed by atoms with van der Waals surface area (Å²) in [6, 6.07) is 5.79. The highest BCUT2D eigenvalue weighted by atomic mass is 32.1. The fraction of sp³-hybridized carbons (Fsp3) is 0.417. The molecule has 1 aromatic rings. The second-order valence-corrected chi connectivity index (χ2v) is 4.26. The van der Waals surface area contributed by atoms with E-state index in [0.717, 1.165) is 16.8 Å². The van der Waals surface area contributed by atoms with E-state index >= 15 is 0 Å². The molecule has 0 aliphatic carbocycles. The minimum atomic E-state index is 0.0185. The molecule has 0 aliphatic rings. The van der Waals surface area contributed by atoms with Crippen molar-refractivity contribution in [3.8, 4) is 0 Å². The van der Waals surface area contributed by atoms with Gasteiger partial charge in [-0.2, -0.15) is 0 Å². The van der Waals surface area contributed by atoms with Gasteiger partial charge in [-0.1, -0.05) is 23.8 Å². The van der Waals surface area contributed by atoms with Crippen molar-refractivity contribution in [1.82, 2.24) is 0 Å². The number of anilines is 1. The third-order valence-electron chi connectivity index (χ3n) is 2.50. The zero-order chi connectivity index (χ0) is 12.8. The zero-order valence-corrected chi connectivity index (χ0v) is 10.7. The van der Waals surface area contributed by atoms with Gasteiger partial charge in [0.25, 0.3) is 0 Å². The van der Waals surface area contributed by atoms with E-state index in [0.29, 0.717) is 18.1 Å². The number of aryl methyl sites for hydroxylation is 1. The second-order valence-electron chi connectivity index (χ2n) is 3.82. The lowest BCUT2D eigenvalue weighted by Crippen LogP contribution is -2.31. The molecule has 0 saturated heterocycles. The van der Waals surface area contributed by atoms with E-state index in [1.165, 1.54) is 0 Å². The summed E-state index contributed by atoms with van der Waals surface area (Å²) in [5.41, 5.74) is 8.40. The number of nitrogens with zero attached hydrogens (tertiary/aromatic N) is 1. The first-order valence-electron chi connectivity index (χ1n) is 5.47. The molecule has 4 N–H and O–H groups in total. The predicted molar refractivity (Wildman–Crippen MR) is 73.5 cm³/mol. The van der Waals surface area contributed by atoms with Crippen molar-refractivity contribution in [2.45, 2.75) is 6.92 Å². The van der Waals surface area contributed by atoms with Crippen LogP contribution in [0.4, 0.5) is 5.69 Å². The average Bonchev–Trinajstić information content (AvgIpc) is 2.28. The normalized spacial score (nSPS) is 10.3. The van der Waals surface area contributed by atoms with Crippen LogP contribution in [-0.4, -0.2) is 41.5 Å². The first-order valence-corrected chi connectivity index (χ1v) is 5.88. The highest BCUT2D eigenvalue weighted by Crippen LogP contribution is 2.21. The maximum absolute atomic E-state index is 9.02. The molecule has 0 amide bonds. The second kappa shape index (κ2) is 6.54. The molecule has 1 aromatic carbocycles. The lowest BCUT2D eigenvalue weighted by atomic mass is 10.1. The summed E-state index contributed by atoms with van der Waals surface area (Å²) >= 11 is 5.02. The molecule has 0 fully saturated rings. The van der Waals surface area contributed by atoms with E-state index < -0.39 is 0 Å². The Hall–Kier alpha value is -1.17. The molecule has 0 atom stereocenters. The third-order valence-corrected chi connectivity index (χ3v) is 2.72. The quantitative estimate of drug-likeness (QED) is 0.642. The van der Waals surface area contributed by atoms with Crippen molar-refractivity contribution < 1.29 is 10.2 Å². The Bertz CT molecular complexity index is 390. The standard InChI is InChI=1S/C12H18N2O2S/c1-9-2-3-11(10(8-9)12(13)17)14(4-6-15)5-7-16/h2-3,8,15-16H,4-7H2,1H3,(H2,13,17). The predicted octanol–water partition coefficient (Wildman–Crippen LogP) is 0.420. The Kier molecular flexibility index (Phi) is 5.34. The molecule has 0 saturated carbocycles. The fourth-order valence-corrected chi connectivity index (χ4v) is 1.88. The van der Waals surface area contributed by atoms with Crippen molar-refractivity contribution in [3.05, 3.63) is 29.3 Å². The summed E-state index contributed by atoms with van der Waals surface area (Å²) in [6.07, 6.45) is 0. The van der Waals surface area contributed by atoms with Crippen LogP contribution < -0.4 is 10.6 Å². The molecule has 0 radical (unpaired) electrons. The number of hydrogen-bond donors (Lipinski definition) is 3. The Balaban J connectivity index is 3.12. The molecule has 0 heterocycles. The van der Waals surface area contributed by atoms with Crippen LogP contribution in [0, 0.1) is 6.92 Å². The Morgan fingerprint density at radius 2 is 1.88 bits per heavy atom. The van der Waals surface area contributed by atoms with Crippen LogP contribution in [0.3, 0.4) is 0 Å². The maximum atomic E-state index is 9.02. The van der Waals surface area contributed by atoms with E-state index in [1.54, 1.807) is 0 Å². The van der Waals surface area contributed by atoms with Gasteiger partial charge in [0.15, 0.2) is 0 Å². The highest BCUT2D eigenvalue weighted by molar-refractivity contribution is 7.80. The Morgan fingerprint density at radius 3 is 2.35 bits per heavy atom. The molecule has 0 bridgehead atoms. The van der Waals surface area contributed by atoms with Crippen molar-refractivity contribution >= 4 is 22.9 Å². The van der Waals surface area contributed by atoms with Crippen LogP contribution in [0.25, 0.3) is 0 Å². The van der Waals surface area contributed by atoms with Crippen molar-refractivity contribution in [3.63, 3.8) is 0 Å². The van der Waals surface area contributed by atoms with Gasteiger partial charge in [0.05, 0.1) is 13.2 Å². The van der Waals surface area contributed by atoms with E-state index in [4.69, 9.17) is 28.2 Å². The topological polar surface area (TPSA) is 69.7 Å². The van der Waals surface area contributed by atoms with E-state index in [-0.39, 0.29) is 13.2 Å². The van der Waals surface area contributed by atoms with Gasteiger partial charge in [0.2, 0.25) is 0 Å². The lowest BCUT2D eigenvalue weighted by Gasteiger charge is -2.25. The minimum absolute atomic E-state index is 0.0185. The average molecular weight is 254 g/mol. The van der Waals surface area contributed by atoms with Crippen LogP contribution in [0.1, 0.15) is 11.1 Å². The SMILES string of the molecule is Cc1ccc(N(CCO)CCO)c(C(N)=S)c1. The van der Waals surface area contributed by atoms with Gasteiger partial charge in [-0.25, -0.2) is 0 Å². The van der Waals surface area contributed by atoms with Gasteiger partial charge in [-0.3, -0.25) is 0 Å². The van der Waals surface area contributed by atoms with Gasteiger partial charge in [-0.05, 0) is 19.1 Å². The molecule has 1 rings (SSSR count). The first kappa shape index (κ1) is 13.9. The number of aliphatic hydroxyl groups excluding tert-OH is 2. The summed E-state index contributed by atoms with van der Waals surface area (Å²) < 4.78 is 0. The molecule has 17 heavy (non-hydrogen) atoms. The number of hydrogen-bond acceptors (Lipinski definition) is 4. The number of thiocarbonyl (C=S) groups is 1. The van der Waals surface area contributed by atoms with Gasteiger partial charge < -0.3 is 20.8 Å². The van der Waals surface area contributed by atoms with Crippen LogP contribution in [0.15, 0.2) is 18.2 Å². The highest BCUT2D eigenvalue weighted by Gasteiger charge is 2.12. The number of aliphatic hydroxyl groups is 2.